The molecule has 0 unspecified atom stereocenters. The fourth-order valence-corrected chi connectivity index (χ4v) is 2.49. The van der Waals surface area contributed by atoms with Crippen LogP contribution in [0.15, 0.2) is 23.0 Å². The maximum absolute atomic E-state index is 14.0. The van der Waals surface area contributed by atoms with E-state index in [9.17, 15) is 9.18 Å². The van der Waals surface area contributed by atoms with Gasteiger partial charge in [-0.05, 0) is 47.1 Å². The van der Waals surface area contributed by atoms with Crippen LogP contribution in [-0.4, -0.2) is 9.97 Å². The van der Waals surface area contributed by atoms with Crippen molar-refractivity contribution in [3.63, 3.8) is 0 Å². The summed E-state index contributed by atoms with van der Waals surface area (Å²) >= 11 is 7.73. The summed E-state index contributed by atoms with van der Waals surface area (Å²) in [7, 11) is 0. The Labute approximate surface area is 134 Å². The summed E-state index contributed by atoms with van der Waals surface area (Å²) in [6, 6.07) is 4.63. The molecule has 0 aliphatic carbocycles. The molecule has 1 heterocycles. The number of nitrogens with zero attached hydrogens (tertiary/aromatic N) is 1. The number of aromatic amines is 1. The van der Waals surface area contributed by atoms with Crippen LogP contribution in [0.2, 0.25) is 5.02 Å². The third kappa shape index (κ3) is 3.20. The molecule has 6 heteroatoms. The molecule has 106 valence electrons. The Morgan fingerprint density at radius 1 is 1.45 bits per heavy atom. The molecule has 1 aromatic heterocycles. The minimum absolute atomic E-state index is 0.00843. The summed E-state index contributed by atoms with van der Waals surface area (Å²) < 4.78 is 14.6. The minimum atomic E-state index is -0.575. The fourth-order valence-electron chi connectivity index (χ4n) is 1.84. The highest BCUT2D eigenvalue weighted by Crippen LogP contribution is 2.25. The summed E-state index contributed by atoms with van der Waals surface area (Å²) in [6.45, 7) is 4.08. The lowest BCUT2D eigenvalue weighted by Gasteiger charge is -2.09. The highest BCUT2D eigenvalue weighted by Gasteiger charge is 2.15. The van der Waals surface area contributed by atoms with Crippen LogP contribution >= 0.6 is 34.2 Å². The number of hydrogen-bond acceptors (Lipinski definition) is 2. The van der Waals surface area contributed by atoms with E-state index < -0.39 is 5.82 Å². The average molecular weight is 407 g/mol. The van der Waals surface area contributed by atoms with Gasteiger partial charge in [0.1, 0.15) is 5.82 Å². The predicted octanol–water partition coefficient (Wildman–Crippen LogP) is 4.03. The molecule has 3 nitrogen and oxygen atoms in total. The molecular weight excluding hydrogens is 394 g/mol. The second-order valence-corrected chi connectivity index (χ2v) is 6.36. The number of H-pyrrole nitrogens is 1. The lowest BCUT2D eigenvalue weighted by Crippen LogP contribution is -2.17. The molecule has 0 radical (unpaired) electrons. The van der Waals surface area contributed by atoms with Gasteiger partial charge in [0, 0.05) is 0 Å². The van der Waals surface area contributed by atoms with Crippen molar-refractivity contribution in [1.82, 2.24) is 9.97 Å². The number of aromatic nitrogens is 2. The van der Waals surface area contributed by atoms with Crippen LogP contribution in [0.5, 0.6) is 0 Å². The van der Waals surface area contributed by atoms with Gasteiger partial charge in [-0.2, -0.15) is 0 Å². The first-order valence-corrected chi connectivity index (χ1v) is 7.59. The monoisotopic (exact) mass is 406 g/mol. The van der Waals surface area contributed by atoms with Gasteiger partial charge in [0.2, 0.25) is 0 Å². The molecule has 2 aromatic rings. The van der Waals surface area contributed by atoms with Gasteiger partial charge in [0.25, 0.3) is 5.56 Å². The molecule has 1 aromatic carbocycles. The van der Waals surface area contributed by atoms with Crippen molar-refractivity contribution >= 4 is 34.2 Å². The van der Waals surface area contributed by atoms with E-state index in [-0.39, 0.29) is 22.0 Å². The minimum Gasteiger partial charge on any atom is -0.306 e. The highest BCUT2D eigenvalue weighted by atomic mass is 127. The van der Waals surface area contributed by atoms with Crippen molar-refractivity contribution in [2.24, 2.45) is 5.92 Å². The van der Waals surface area contributed by atoms with E-state index in [2.05, 4.69) is 9.97 Å². The zero-order valence-electron chi connectivity index (χ0n) is 11.0. The lowest BCUT2D eigenvalue weighted by molar-refractivity contribution is 0.624. The number of benzene rings is 1. The Morgan fingerprint density at radius 3 is 2.80 bits per heavy atom. The normalized spacial score (nSPS) is 11.1. The second kappa shape index (κ2) is 6.22. The molecule has 0 fully saturated rings. The molecule has 0 saturated carbocycles. The van der Waals surface area contributed by atoms with E-state index >= 15 is 0 Å². The predicted molar refractivity (Wildman–Crippen MR) is 86.5 cm³/mol. The molecule has 0 spiro atoms. The maximum Gasteiger partial charge on any atom is 0.264 e. The van der Waals surface area contributed by atoms with Gasteiger partial charge in [-0.15, -0.1) is 0 Å². The number of nitrogens with one attached hydrogen (secondary N) is 1. The standard InChI is InChI=1S/C14H13ClFIN2O/c1-7(2)6-10-12(17)14(20)19-13(18-10)8-4-3-5-9(15)11(8)16/h3-5,7H,6H2,1-2H3,(H,18,19,20). The maximum atomic E-state index is 14.0. The van der Waals surface area contributed by atoms with Crippen molar-refractivity contribution in [2.75, 3.05) is 0 Å². The smallest absolute Gasteiger partial charge is 0.264 e. The molecule has 0 atom stereocenters. The molecule has 0 bridgehead atoms. The Bertz CT molecular complexity index is 700. The van der Waals surface area contributed by atoms with Gasteiger partial charge in [0.15, 0.2) is 5.82 Å². The van der Waals surface area contributed by atoms with Crippen LogP contribution < -0.4 is 5.56 Å². The van der Waals surface area contributed by atoms with Gasteiger partial charge < -0.3 is 4.98 Å². The highest BCUT2D eigenvalue weighted by molar-refractivity contribution is 14.1. The van der Waals surface area contributed by atoms with Gasteiger partial charge in [-0.3, -0.25) is 4.79 Å². The van der Waals surface area contributed by atoms with Crippen LogP contribution in [0.25, 0.3) is 11.4 Å². The van der Waals surface area contributed by atoms with E-state index in [1.54, 1.807) is 12.1 Å². The van der Waals surface area contributed by atoms with Crippen LogP contribution in [0.1, 0.15) is 19.5 Å². The summed E-state index contributed by atoms with van der Waals surface area (Å²) in [6.07, 6.45) is 0.664. The van der Waals surface area contributed by atoms with Crippen molar-refractivity contribution in [3.05, 3.63) is 48.7 Å². The van der Waals surface area contributed by atoms with E-state index in [4.69, 9.17) is 11.6 Å². The molecule has 20 heavy (non-hydrogen) atoms. The van der Waals surface area contributed by atoms with Crippen LogP contribution in [0.3, 0.4) is 0 Å². The summed E-state index contributed by atoms with van der Waals surface area (Å²) in [5.41, 5.74) is 0.625. The van der Waals surface area contributed by atoms with Crippen LogP contribution in [0.4, 0.5) is 4.39 Å². The van der Waals surface area contributed by atoms with Gasteiger partial charge >= 0.3 is 0 Å². The summed E-state index contributed by atoms with van der Waals surface area (Å²) in [5, 5.41) is 0.00843. The molecule has 0 aliphatic rings. The Balaban J connectivity index is 2.61. The zero-order valence-corrected chi connectivity index (χ0v) is 13.9. The molecule has 2 rings (SSSR count). The van der Waals surface area contributed by atoms with Gasteiger partial charge in [0.05, 0.1) is 19.9 Å². The van der Waals surface area contributed by atoms with Crippen molar-refractivity contribution in [1.29, 1.82) is 0 Å². The quantitative estimate of drug-likeness (QED) is 0.782. The van der Waals surface area contributed by atoms with E-state index in [1.807, 2.05) is 36.4 Å². The third-order valence-corrected chi connectivity index (χ3v) is 4.14. The first-order chi connectivity index (χ1) is 9.40. The SMILES string of the molecule is CC(C)Cc1nc(-c2cccc(Cl)c2F)[nH]c(=O)c1I. The van der Waals surface area contributed by atoms with E-state index in [1.165, 1.54) is 6.07 Å². The topological polar surface area (TPSA) is 45.8 Å². The average Bonchev–Trinajstić information content (AvgIpc) is 2.37. The lowest BCUT2D eigenvalue weighted by atomic mass is 10.1. The van der Waals surface area contributed by atoms with E-state index in [0.29, 0.717) is 21.6 Å². The molecule has 0 aliphatic heterocycles. The summed E-state index contributed by atoms with van der Waals surface area (Å²) in [4.78, 5) is 18.9. The van der Waals surface area contributed by atoms with E-state index in [0.717, 1.165) is 0 Å². The summed E-state index contributed by atoms with van der Waals surface area (Å²) in [5.74, 6) is -0.00466. The Morgan fingerprint density at radius 2 is 2.15 bits per heavy atom. The van der Waals surface area contributed by atoms with Crippen LogP contribution in [0, 0.1) is 15.3 Å². The molecule has 0 saturated heterocycles. The second-order valence-electron chi connectivity index (χ2n) is 4.87. The zero-order chi connectivity index (χ0) is 14.9. The van der Waals surface area contributed by atoms with Gasteiger partial charge in [-0.1, -0.05) is 31.5 Å². The Kier molecular flexibility index (Phi) is 4.80. The number of rotatable bonds is 3. The third-order valence-electron chi connectivity index (χ3n) is 2.74. The molecule has 1 N–H and O–H groups in total. The number of halogens is 3. The largest absolute Gasteiger partial charge is 0.306 e. The van der Waals surface area contributed by atoms with Crippen molar-refractivity contribution in [3.8, 4) is 11.4 Å². The van der Waals surface area contributed by atoms with Crippen molar-refractivity contribution < 1.29 is 4.39 Å². The van der Waals surface area contributed by atoms with Crippen LogP contribution in [-0.2, 0) is 6.42 Å². The first kappa shape index (κ1) is 15.4. The number of hydrogen-bond donors (Lipinski definition) is 1. The molecule has 0 amide bonds. The fraction of sp³-hybridized carbons (Fsp3) is 0.286. The Hall–Kier alpha value is -0.950. The van der Waals surface area contributed by atoms with Crippen molar-refractivity contribution in [2.45, 2.75) is 20.3 Å². The van der Waals surface area contributed by atoms with Gasteiger partial charge in [-0.25, -0.2) is 9.37 Å². The first-order valence-electron chi connectivity index (χ1n) is 6.13. The molecular formula is C14H13ClFIN2O.